The number of aliphatic hydroxyl groups is 2. The summed E-state index contributed by atoms with van der Waals surface area (Å²) in [4.78, 5) is 0. The van der Waals surface area contributed by atoms with Crippen LogP contribution in [0.3, 0.4) is 0 Å². The highest BCUT2D eigenvalue weighted by Crippen LogP contribution is 2.35. The van der Waals surface area contributed by atoms with Crippen molar-refractivity contribution >= 4 is 0 Å². The predicted octanol–water partition coefficient (Wildman–Crippen LogP) is -2.67. The summed E-state index contributed by atoms with van der Waals surface area (Å²) in [6.07, 6.45) is -0.385. The number of hydrogen-bond donors (Lipinski definition) is 3. The van der Waals surface area contributed by atoms with Crippen molar-refractivity contribution in [2.45, 2.75) is 24.7 Å². The van der Waals surface area contributed by atoms with Gasteiger partial charge in [0.2, 0.25) is 0 Å². The quantitative estimate of drug-likeness (QED) is 0.529. The Morgan fingerprint density at radius 3 is 2.95 bits per heavy atom. The Morgan fingerprint density at radius 2 is 2.29 bits per heavy atom. The molecule has 0 amide bonds. The fourth-order valence-electron chi connectivity index (χ4n) is 2.18. The molecule has 0 unspecified atom stereocenters. The van der Waals surface area contributed by atoms with Crippen molar-refractivity contribution in [3.8, 4) is 11.5 Å². The van der Waals surface area contributed by atoms with Crippen LogP contribution in [0.4, 0.5) is 0 Å². The number of nitrogens with two attached hydrogens (primary N) is 1. The van der Waals surface area contributed by atoms with Gasteiger partial charge in [0.15, 0.2) is 0 Å². The van der Waals surface area contributed by atoms with Gasteiger partial charge >= 0.3 is 1.43 Å². The normalized spacial score (nSPS) is 21.7. The standard InChI is InChI=1S/C14H21NO5.ClH/c1-18-10-2-3-12-13(15)4-11(20-14(12)5-10)8-19-7-9(17)6-16;/h2-3,5,9,11,13,16-17H,4,6-8,15H2,1H3;1H/t9-,11-,13-;/m1./s1. The van der Waals surface area contributed by atoms with Gasteiger partial charge in [0, 0.05) is 24.1 Å². The van der Waals surface area contributed by atoms with Crippen molar-refractivity contribution in [3.05, 3.63) is 23.8 Å². The first-order valence-electron chi connectivity index (χ1n) is 6.61. The second-order valence-corrected chi connectivity index (χ2v) is 4.86. The molecule has 2 rings (SSSR count). The first-order valence-corrected chi connectivity index (χ1v) is 6.61. The Kier molecular flexibility index (Phi) is 7.21. The Balaban J connectivity index is 0.00000220. The van der Waals surface area contributed by atoms with E-state index in [1.807, 2.05) is 18.2 Å². The van der Waals surface area contributed by atoms with Crippen molar-refractivity contribution < 1.29 is 38.3 Å². The van der Waals surface area contributed by atoms with Gasteiger partial charge in [-0.2, -0.15) is 0 Å². The van der Waals surface area contributed by atoms with Crippen LogP contribution >= 0.6 is 0 Å². The average Bonchev–Trinajstić information content (AvgIpc) is 2.46. The van der Waals surface area contributed by atoms with Crippen LogP contribution in [-0.4, -0.2) is 49.4 Å². The van der Waals surface area contributed by atoms with Crippen molar-refractivity contribution in [1.82, 2.24) is 0 Å². The minimum Gasteiger partial charge on any atom is -1.00 e. The Morgan fingerprint density at radius 1 is 1.52 bits per heavy atom. The molecular weight excluding hydrogens is 298 g/mol. The molecular formula is C14H22ClNO5. The minimum atomic E-state index is -0.861. The van der Waals surface area contributed by atoms with E-state index >= 15 is 0 Å². The van der Waals surface area contributed by atoms with Crippen LogP contribution in [0.25, 0.3) is 0 Å². The summed E-state index contributed by atoms with van der Waals surface area (Å²) in [5, 5.41) is 17.9. The molecule has 6 nitrogen and oxygen atoms in total. The number of aliphatic hydroxyl groups excluding tert-OH is 2. The first kappa shape index (κ1) is 18.0. The Hall–Kier alpha value is -1.05. The topological polar surface area (TPSA) is 94.2 Å². The maximum atomic E-state index is 9.21. The van der Waals surface area contributed by atoms with Crippen molar-refractivity contribution in [2.24, 2.45) is 5.73 Å². The van der Waals surface area contributed by atoms with Crippen LogP contribution < -0.4 is 27.6 Å². The zero-order valence-corrected chi connectivity index (χ0v) is 12.6. The molecule has 4 N–H and O–H groups in total. The second kappa shape index (κ2) is 8.41. The zero-order valence-electron chi connectivity index (χ0n) is 12.9. The number of hydrogen-bond acceptors (Lipinski definition) is 6. The van der Waals surface area contributed by atoms with Crippen molar-refractivity contribution in [1.29, 1.82) is 0 Å². The highest BCUT2D eigenvalue weighted by atomic mass is 35.5. The summed E-state index contributed by atoms with van der Waals surface area (Å²) in [7, 11) is 1.60. The number of benzene rings is 1. The molecule has 0 aromatic heterocycles. The van der Waals surface area contributed by atoms with E-state index in [1.54, 1.807) is 7.11 Å². The molecule has 0 fully saturated rings. The minimum absolute atomic E-state index is 0. The van der Waals surface area contributed by atoms with Crippen LogP contribution in [0.2, 0.25) is 0 Å². The fraction of sp³-hybridized carbons (Fsp3) is 0.571. The lowest BCUT2D eigenvalue weighted by molar-refractivity contribution is -0.0241. The van der Waals surface area contributed by atoms with E-state index in [9.17, 15) is 5.11 Å². The molecule has 0 radical (unpaired) electrons. The number of rotatable bonds is 6. The number of ether oxygens (including phenoxy) is 3. The third-order valence-corrected chi connectivity index (χ3v) is 3.26. The maximum absolute atomic E-state index is 9.21. The van der Waals surface area contributed by atoms with Gasteiger partial charge in [-0.1, -0.05) is 6.07 Å². The molecule has 1 heterocycles. The third kappa shape index (κ3) is 4.72. The smallest absolute Gasteiger partial charge is 1.00 e. The molecule has 0 spiro atoms. The van der Waals surface area contributed by atoms with E-state index in [2.05, 4.69) is 0 Å². The van der Waals surface area contributed by atoms with Crippen LogP contribution in [0.1, 0.15) is 19.5 Å². The first-order chi connectivity index (χ1) is 9.63. The van der Waals surface area contributed by atoms with Gasteiger partial charge in [-0.3, -0.25) is 0 Å². The van der Waals surface area contributed by atoms with Gasteiger partial charge in [0.1, 0.15) is 23.7 Å². The van der Waals surface area contributed by atoms with Gasteiger partial charge in [0.05, 0.1) is 26.9 Å². The highest BCUT2D eigenvalue weighted by Gasteiger charge is 2.26. The number of halogens is 1. The molecule has 1 aromatic rings. The summed E-state index contributed by atoms with van der Waals surface area (Å²) in [5.41, 5.74) is 7.08. The lowest BCUT2D eigenvalue weighted by Gasteiger charge is -2.30. The molecule has 3 atom stereocenters. The molecule has 7 heteroatoms. The molecule has 120 valence electrons. The predicted molar refractivity (Wildman–Crippen MR) is 74.0 cm³/mol. The number of methoxy groups -OCH3 is 1. The summed E-state index contributed by atoms with van der Waals surface area (Å²) < 4.78 is 16.3. The van der Waals surface area contributed by atoms with Gasteiger partial charge in [-0.15, -0.1) is 0 Å². The van der Waals surface area contributed by atoms with E-state index in [0.717, 1.165) is 5.56 Å². The van der Waals surface area contributed by atoms with E-state index in [1.165, 1.54) is 0 Å². The molecule has 0 saturated heterocycles. The van der Waals surface area contributed by atoms with Crippen LogP contribution in [-0.2, 0) is 4.74 Å². The van der Waals surface area contributed by atoms with E-state index < -0.39 is 6.10 Å². The monoisotopic (exact) mass is 319 g/mol. The largest absolute Gasteiger partial charge is 1.00 e. The molecule has 0 saturated carbocycles. The van der Waals surface area contributed by atoms with E-state index in [0.29, 0.717) is 24.5 Å². The van der Waals surface area contributed by atoms with Gasteiger partial charge in [-0.05, 0) is 6.07 Å². The van der Waals surface area contributed by atoms with Crippen LogP contribution in [0.15, 0.2) is 18.2 Å². The molecule has 0 aliphatic carbocycles. The second-order valence-electron chi connectivity index (χ2n) is 4.86. The van der Waals surface area contributed by atoms with E-state index in [-0.39, 0.29) is 39.2 Å². The highest BCUT2D eigenvalue weighted by molar-refractivity contribution is 5.43. The zero-order chi connectivity index (χ0) is 14.5. The van der Waals surface area contributed by atoms with Gasteiger partial charge < -0.3 is 42.6 Å². The van der Waals surface area contributed by atoms with E-state index in [4.69, 9.17) is 25.1 Å². The van der Waals surface area contributed by atoms with Crippen molar-refractivity contribution in [2.75, 3.05) is 26.9 Å². The summed E-state index contributed by atoms with van der Waals surface area (Å²) >= 11 is 0. The summed E-state index contributed by atoms with van der Waals surface area (Å²) in [6.45, 7) is 0.0864. The SMILES string of the molecule is COc1ccc2c(c1)O[C@@H](COC[C@H](O)CO)C[C@H]2N.[Cl-].[H+]. The molecule has 1 aliphatic rings. The third-order valence-electron chi connectivity index (χ3n) is 3.26. The summed E-state index contributed by atoms with van der Waals surface area (Å²) in [6, 6.07) is 5.47. The lowest BCUT2D eigenvalue weighted by Crippen LogP contribution is -3.00. The Bertz CT molecular complexity index is 451. The van der Waals surface area contributed by atoms with Crippen LogP contribution in [0, 0.1) is 0 Å². The average molecular weight is 320 g/mol. The Labute approximate surface area is 131 Å². The number of fused-ring (bicyclic) bond motifs is 1. The van der Waals surface area contributed by atoms with Gasteiger partial charge in [-0.25, -0.2) is 0 Å². The molecule has 1 aromatic carbocycles. The molecule has 21 heavy (non-hydrogen) atoms. The van der Waals surface area contributed by atoms with Crippen molar-refractivity contribution in [3.63, 3.8) is 0 Å². The maximum Gasteiger partial charge on any atom is 1.00 e. The fourth-order valence-corrected chi connectivity index (χ4v) is 2.18. The van der Waals surface area contributed by atoms with Crippen LogP contribution in [0.5, 0.6) is 11.5 Å². The molecule has 0 bridgehead atoms. The van der Waals surface area contributed by atoms with Gasteiger partial charge in [0.25, 0.3) is 0 Å². The molecule has 1 aliphatic heterocycles. The lowest BCUT2D eigenvalue weighted by atomic mass is 9.97. The summed E-state index contributed by atoms with van der Waals surface area (Å²) in [5.74, 6) is 1.42.